The summed E-state index contributed by atoms with van der Waals surface area (Å²) in [6.45, 7) is 1.74. The van der Waals surface area contributed by atoms with Gasteiger partial charge in [-0.15, -0.1) is 0 Å². The molecule has 1 amide bonds. The molecule has 0 radical (unpaired) electrons. The van der Waals surface area contributed by atoms with E-state index in [0.717, 1.165) is 18.6 Å². The van der Waals surface area contributed by atoms with Crippen molar-refractivity contribution in [3.8, 4) is 0 Å². The number of aromatic nitrogens is 2. The van der Waals surface area contributed by atoms with Gasteiger partial charge in [0.05, 0.1) is 23.4 Å². The molecule has 0 aliphatic carbocycles. The Labute approximate surface area is 178 Å². The van der Waals surface area contributed by atoms with Crippen molar-refractivity contribution in [3.63, 3.8) is 0 Å². The number of nitrogens with one attached hydrogen (secondary N) is 2. The van der Waals surface area contributed by atoms with Crippen LogP contribution in [0.15, 0.2) is 40.3 Å². The van der Waals surface area contributed by atoms with E-state index >= 15 is 0 Å². The minimum Gasteiger partial charge on any atom is -0.465 e. The fourth-order valence-electron chi connectivity index (χ4n) is 3.05. The Morgan fingerprint density at radius 2 is 2.13 bits per heavy atom. The van der Waals surface area contributed by atoms with Gasteiger partial charge in [-0.25, -0.2) is 9.78 Å². The Morgan fingerprint density at radius 1 is 1.33 bits per heavy atom. The molecule has 8 nitrogen and oxygen atoms in total. The maximum atomic E-state index is 12.5. The van der Waals surface area contributed by atoms with Crippen molar-refractivity contribution in [1.82, 2.24) is 9.97 Å². The number of carbonyl (C=O) groups is 2. The second kappa shape index (κ2) is 9.49. The number of ether oxygens (including phenoxy) is 1. The first-order chi connectivity index (χ1) is 14.4. The van der Waals surface area contributed by atoms with Gasteiger partial charge in [0, 0.05) is 29.6 Å². The van der Waals surface area contributed by atoms with E-state index in [2.05, 4.69) is 25.0 Å². The molecule has 0 saturated heterocycles. The molecule has 0 atom stereocenters. The van der Waals surface area contributed by atoms with Gasteiger partial charge in [-0.05, 0) is 44.4 Å². The van der Waals surface area contributed by atoms with Crippen molar-refractivity contribution >= 4 is 34.9 Å². The van der Waals surface area contributed by atoms with Crippen molar-refractivity contribution in [3.05, 3.63) is 68.5 Å². The van der Waals surface area contributed by atoms with E-state index in [0.29, 0.717) is 22.8 Å². The highest BCUT2D eigenvalue weighted by Crippen LogP contribution is 2.21. The number of halogens is 1. The number of hydrogen-bond acceptors (Lipinski definition) is 6. The molecule has 0 bridgehead atoms. The fourth-order valence-corrected chi connectivity index (χ4v) is 3.25. The van der Waals surface area contributed by atoms with Crippen molar-refractivity contribution in [2.24, 2.45) is 4.99 Å². The normalized spacial score (nSPS) is 13.0. The van der Waals surface area contributed by atoms with Crippen LogP contribution < -0.4 is 10.9 Å². The third-order valence-corrected chi connectivity index (χ3v) is 4.97. The Kier molecular flexibility index (Phi) is 6.79. The molecule has 0 spiro atoms. The number of aromatic amines is 1. The summed E-state index contributed by atoms with van der Waals surface area (Å²) in [6, 6.07) is 4.53. The number of rotatable bonds is 6. The number of benzene rings is 1. The van der Waals surface area contributed by atoms with Gasteiger partial charge in [-0.2, -0.15) is 0 Å². The van der Waals surface area contributed by atoms with E-state index in [-0.39, 0.29) is 34.9 Å². The van der Waals surface area contributed by atoms with E-state index in [4.69, 9.17) is 11.6 Å². The fraction of sp³-hybridized carbons (Fsp3) is 0.286. The van der Waals surface area contributed by atoms with Crippen LogP contribution in [-0.4, -0.2) is 34.7 Å². The van der Waals surface area contributed by atoms with Gasteiger partial charge < -0.3 is 15.0 Å². The zero-order valence-corrected chi connectivity index (χ0v) is 17.4. The number of aliphatic imine (C=N–C) groups is 1. The SMILES string of the molecule is COC(=O)c1cc(NC(=O)CCc2c(C)nc(C3=NC=CCC3)[nH]c2=O)ccc1Cl. The van der Waals surface area contributed by atoms with Gasteiger partial charge in [0.25, 0.3) is 5.56 Å². The van der Waals surface area contributed by atoms with Crippen LogP contribution in [0.25, 0.3) is 0 Å². The Hall–Kier alpha value is -3.26. The molecule has 1 aliphatic rings. The topological polar surface area (TPSA) is 114 Å². The summed E-state index contributed by atoms with van der Waals surface area (Å²) in [5, 5.41) is 2.92. The van der Waals surface area contributed by atoms with Crippen LogP contribution in [0.3, 0.4) is 0 Å². The average Bonchev–Trinajstić information content (AvgIpc) is 2.74. The molecule has 1 aliphatic heterocycles. The van der Waals surface area contributed by atoms with Gasteiger partial charge in [-0.3, -0.25) is 14.6 Å². The molecule has 9 heteroatoms. The number of methoxy groups -OCH3 is 1. The summed E-state index contributed by atoms with van der Waals surface area (Å²) < 4.78 is 4.67. The summed E-state index contributed by atoms with van der Waals surface area (Å²) in [6.07, 6.45) is 5.53. The second-order valence-corrected chi connectivity index (χ2v) is 7.12. The monoisotopic (exact) mass is 428 g/mol. The molecule has 2 heterocycles. The molecule has 0 fully saturated rings. The predicted molar refractivity (Wildman–Crippen MR) is 114 cm³/mol. The Morgan fingerprint density at radius 3 is 2.80 bits per heavy atom. The lowest BCUT2D eigenvalue weighted by molar-refractivity contribution is -0.116. The molecule has 1 aromatic heterocycles. The van der Waals surface area contributed by atoms with Crippen LogP contribution in [0, 0.1) is 6.92 Å². The number of hydrogen-bond donors (Lipinski definition) is 2. The molecule has 3 rings (SSSR count). The number of anilines is 1. The van der Waals surface area contributed by atoms with Crippen LogP contribution >= 0.6 is 11.6 Å². The lowest BCUT2D eigenvalue weighted by Crippen LogP contribution is -2.23. The van der Waals surface area contributed by atoms with E-state index in [1.165, 1.54) is 19.2 Å². The quantitative estimate of drug-likeness (QED) is 0.686. The molecular weight excluding hydrogens is 408 g/mol. The number of esters is 1. The van der Waals surface area contributed by atoms with E-state index < -0.39 is 5.97 Å². The first-order valence-electron chi connectivity index (χ1n) is 9.38. The smallest absolute Gasteiger partial charge is 0.339 e. The van der Waals surface area contributed by atoms with E-state index in [9.17, 15) is 14.4 Å². The minimum absolute atomic E-state index is 0.0742. The number of H-pyrrole nitrogens is 1. The van der Waals surface area contributed by atoms with Gasteiger partial charge in [0.15, 0.2) is 5.82 Å². The molecule has 0 saturated carbocycles. The van der Waals surface area contributed by atoms with Gasteiger partial charge in [0.2, 0.25) is 5.91 Å². The maximum absolute atomic E-state index is 12.5. The molecule has 30 heavy (non-hydrogen) atoms. The number of amides is 1. The third-order valence-electron chi connectivity index (χ3n) is 4.64. The highest BCUT2D eigenvalue weighted by molar-refractivity contribution is 6.33. The zero-order chi connectivity index (χ0) is 21.7. The minimum atomic E-state index is -0.595. The van der Waals surface area contributed by atoms with Gasteiger partial charge in [0.1, 0.15) is 0 Å². The largest absolute Gasteiger partial charge is 0.465 e. The Bertz CT molecular complexity index is 1100. The molecule has 2 N–H and O–H groups in total. The summed E-state index contributed by atoms with van der Waals surface area (Å²) in [5.41, 5.74) is 2.05. The number of nitrogens with zero attached hydrogens (tertiary/aromatic N) is 2. The Balaban J connectivity index is 1.68. The summed E-state index contributed by atoms with van der Waals surface area (Å²) >= 11 is 5.98. The van der Waals surface area contributed by atoms with Crippen molar-refractivity contribution in [1.29, 1.82) is 0 Å². The van der Waals surface area contributed by atoms with Crippen LogP contribution in [0.4, 0.5) is 5.69 Å². The van der Waals surface area contributed by atoms with Gasteiger partial charge in [-0.1, -0.05) is 17.7 Å². The molecule has 1 aromatic carbocycles. The van der Waals surface area contributed by atoms with Crippen molar-refractivity contribution < 1.29 is 14.3 Å². The molecule has 2 aromatic rings. The molecular formula is C21H21ClN4O4. The maximum Gasteiger partial charge on any atom is 0.339 e. The molecule has 156 valence electrons. The molecule has 0 unspecified atom stereocenters. The lowest BCUT2D eigenvalue weighted by Gasteiger charge is -2.11. The van der Waals surface area contributed by atoms with Crippen LogP contribution in [0.1, 0.15) is 46.7 Å². The second-order valence-electron chi connectivity index (χ2n) is 6.71. The average molecular weight is 429 g/mol. The van der Waals surface area contributed by atoms with Crippen LogP contribution in [0.5, 0.6) is 0 Å². The highest BCUT2D eigenvalue weighted by Gasteiger charge is 2.15. The predicted octanol–water partition coefficient (Wildman–Crippen LogP) is 3.19. The van der Waals surface area contributed by atoms with E-state index in [1.54, 1.807) is 19.2 Å². The number of carbonyl (C=O) groups excluding carboxylic acids is 2. The van der Waals surface area contributed by atoms with Crippen molar-refractivity contribution in [2.45, 2.75) is 32.6 Å². The van der Waals surface area contributed by atoms with Crippen molar-refractivity contribution in [2.75, 3.05) is 12.4 Å². The first kappa shape index (κ1) is 21.4. The first-order valence-corrected chi connectivity index (χ1v) is 9.76. The summed E-state index contributed by atoms with van der Waals surface area (Å²) in [5.74, 6) is -0.438. The number of allylic oxidation sites excluding steroid dienone is 1. The van der Waals surface area contributed by atoms with Crippen LogP contribution in [-0.2, 0) is 16.0 Å². The number of aryl methyl sites for hydroxylation is 1. The van der Waals surface area contributed by atoms with Crippen LogP contribution in [0.2, 0.25) is 5.02 Å². The van der Waals surface area contributed by atoms with Gasteiger partial charge >= 0.3 is 5.97 Å². The third kappa shape index (κ3) is 5.01. The van der Waals surface area contributed by atoms with E-state index in [1.807, 2.05) is 6.08 Å². The standard InChI is InChI=1S/C21H21ClN4O4/c1-12-14(20(28)26-19(24-12)17-5-3-4-10-23-17)7-9-18(27)25-13-6-8-16(22)15(11-13)21(29)30-2/h4,6,8,10-11H,3,5,7,9H2,1-2H3,(H,25,27)(H,24,26,28). The summed E-state index contributed by atoms with van der Waals surface area (Å²) in [4.78, 5) is 48.0. The summed E-state index contributed by atoms with van der Waals surface area (Å²) in [7, 11) is 1.25. The zero-order valence-electron chi connectivity index (χ0n) is 16.6. The highest BCUT2D eigenvalue weighted by atomic mass is 35.5. The lowest BCUT2D eigenvalue weighted by atomic mass is 10.1.